The van der Waals surface area contributed by atoms with E-state index in [0.29, 0.717) is 23.4 Å². The molecule has 0 radical (unpaired) electrons. The SMILES string of the molecule is CC(c1cccc(NC(=O)c2ccccc2)c1)N(C)C(=O)c1cnn(Cc2ccccc2)c1. The molecule has 0 fully saturated rings. The maximum absolute atomic E-state index is 13.1. The molecule has 0 aliphatic rings. The zero-order chi connectivity index (χ0) is 23.2. The summed E-state index contributed by atoms with van der Waals surface area (Å²) in [6.07, 6.45) is 3.38. The van der Waals surface area contributed by atoms with Crippen molar-refractivity contribution >= 4 is 17.5 Å². The third-order valence-electron chi connectivity index (χ3n) is 5.63. The molecule has 1 aromatic heterocycles. The number of nitrogens with zero attached hydrogens (tertiary/aromatic N) is 3. The van der Waals surface area contributed by atoms with Gasteiger partial charge in [0.2, 0.25) is 0 Å². The van der Waals surface area contributed by atoms with E-state index < -0.39 is 0 Å². The number of nitrogens with one attached hydrogen (secondary N) is 1. The number of anilines is 1. The van der Waals surface area contributed by atoms with E-state index in [2.05, 4.69) is 10.4 Å². The largest absolute Gasteiger partial charge is 0.335 e. The van der Waals surface area contributed by atoms with E-state index in [0.717, 1.165) is 11.1 Å². The summed E-state index contributed by atoms with van der Waals surface area (Å²) in [5.41, 5.74) is 3.86. The minimum atomic E-state index is -0.191. The molecule has 0 aliphatic heterocycles. The predicted octanol–water partition coefficient (Wildman–Crippen LogP) is 5.02. The molecule has 0 spiro atoms. The number of amides is 2. The van der Waals surface area contributed by atoms with Crippen molar-refractivity contribution in [2.45, 2.75) is 19.5 Å². The number of hydrogen-bond acceptors (Lipinski definition) is 3. The monoisotopic (exact) mass is 438 g/mol. The second kappa shape index (κ2) is 9.96. The smallest absolute Gasteiger partial charge is 0.257 e. The maximum atomic E-state index is 13.1. The molecule has 1 heterocycles. The molecule has 0 aliphatic carbocycles. The molecule has 0 bridgehead atoms. The lowest BCUT2D eigenvalue weighted by Crippen LogP contribution is -2.29. The molecular formula is C27H26N4O2. The third-order valence-corrected chi connectivity index (χ3v) is 5.63. The highest BCUT2D eigenvalue weighted by atomic mass is 16.2. The van der Waals surface area contributed by atoms with Crippen molar-refractivity contribution in [3.8, 4) is 0 Å². The molecule has 6 heteroatoms. The standard InChI is InChI=1S/C27H26N4O2/c1-20(23-14-9-15-25(16-23)29-26(32)22-12-7-4-8-13-22)30(2)27(33)24-17-28-31(19-24)18-21-10-5-3-6-11-21/h3-17,19-20H,18H2,1-2H3,(H,29,32). The number of carbonyl (C=O) groups is 2. The van der Waals surface area contributed by atoms with Gasteiger partial charge in [-0.2, -0.15) is 5.10 Å². The first kappa shape index (κ1) is 22.0. The quantitative estimate of drug-likeness (QED) is 0.441. The summed E-state index contributed by atoms with van der Waals surface area (Å²) in [6, 6.07) is 26.4. The predicted molar refractivity (Wildman–Crippen MR) is 129 cm³/mol. The van der Waals surface area contributed by atoms with Gasteiger partial charge in [-0.3, -0.25) is 14.3 Å². The lowest BCUT2D eigenvalue weighted by atomic mass is 10.1. The van der Waals surface area contributed by atoms with Gasteiger partial charge in [0.25, 0.3) is 11.8 Å². The van der Waals surface area contributed by atoms with Crippen LogP contribution in [0.3, 0.4) is 0 Å². The zero-order valence-electron chi connectivity index (χ0n) is 18.7. The van der Waals surface area contributed by atoms with Crippen LogP contribution in [0.2, 0.25) is 0 Å². The summed E-state index contributed by atoms with van der Waals surface area (Å²) >= 11 is 0. The lowest BCUT2D eigenvalue weighted by Gasteiger charge is -2.25. The first-order valence-corrected chi connectivity index (χ1v) is 10.8. The van der Waals surface area contributed by atoms with Crippen LogP contribution >= 0.6 is 0 Å². The van der Waals surface area contributed by atoms with Crippen molar-refractivity contribution in [3.05, 3.63) is 120 Å². The molecule has 33 heavy (non-hydrogen) atoms. The maximum Gasteiger partial charge on any atom is 0.257 e. The summed E-state index contributed by atoms with van der Waals surface area (Å²) in [4.78, 5) is 27.2. The second-order valence-electron chi connectivity index (χ2n) is 7.95. The molecule has 1 unspecified atom stereocenters. The summed E-state index contributed by atoms with van der Waals surface area (Å²) < 4.78 is 1.76. The van der Waals surface area contributed by atoms with E-state index in [1.165, 1.54) is 0 Å². The van der Waals surface area contributed by atoms with Crippen molar-refractivity contribution in [2.75, 3.05) is 12.4 Å². The average Bonchev–Trinajstić information content (AvgIpc) is 3.32. The van der Waals surface area contributed by atoms with Crippen molar-refractivity contribution in [1.82, 2.24) is 14.7 Å². The Kier molecular flexibility index (Phi) is 6.64. The Bertz CT molecular complexity index is 1240. The minimum Gasteiger partial charge on any atom is -0.335 e. The fraction of sp³-hybridized carbons (Fsp3) is 0.148. The van der Waals surface area contributed by atoms with E-state index in [1.807, 2.05) is 79.7 Å². The van der Waals surface area contributed by atoms with Crippen LogP contribution in [0, 0.1) is 0 Å². The average molecular weight is 439 g/mol. The Morgan fingerprint density at radius 3 is 2.36 bits per heavy atom. The molecule has 4 aromatic rings. The van der Waals surface area contributed by atoms with Crippen molar-refractivity contribution in [3.63, 3.8) is 0 Å². The number of benzene rings is 3. The molecule has 0 saturated carbocycles. The summed E-state index contributed by atoms with van der Waals surface area (Å²) in [6.45, 7) is 2.57. The van der Waals surface area contributed by atoms with Crippen LogP contribution in [0.4, 0.5) is 5.69 Å². The zero-order valence-corrected chi connectivity index (χ0v) is 18.7. The Labute approximate surface area is 193 Å². The van der Waals surface area contributed by atoms with E-state index in [1.54, 1.807) is 41.2 Å². The van der Waals surface area contributed by atoms with Gasteiger partial charge in [-0.1, -0.05) is 60.7 Å². The Balaban J connectivity index is 1.43. The van der Waals surface area contributed by atoms with E-state index in [-0.39, 0.29) is 17.9 Å². The van der Waals surface area contributed by atoms with Gasteiger partial charge in [0.1, 0.15) is 0 Å². The third kappa shape index (κ3) is 5.36. The van der Waals surface area contributed by atoms with Gasteiger partial charge >= 0.3 is 0 Å². The van der Waals surface area contributed by atoms with Gasteiger partial charge in [0.05, 0.1) is 24.3 Å². The molecular weight excluding hydrogens is 412 g/mol. The molecule has 1 atom stereocenters. The lowest BCUT2D eigenvalue weighted by molar-refractivity contribution is 0.0742. The van der Waals surface area contributed by atoms with Gasteiger partial charge in [-0.05, 0) is 42.3 Å². The van der Waals surface area contributed by atoms with Gasteiger partial charge in [0.15, 0.2) is 0 Å². The highest BCUT2D eigenvalue weighted by Gasteiger charge is 2.21. The van der Waals surface area contributed by atoms with Crippen LogP contribution in [0.25, 0.3) is 0 Å². The van der Waals surface area contributed by atoms with Crippen molar-refractivity contribution in [2.24, 2.45) is 0 Å². The fourth-order valence-electron chi connectivity index (χ4n) is 3.60. The molecule has 3 aromatic carbocycles. The summed E-state index contributed by atoms with van der Waals surface area (Å²) in [5, 5.41) is 7.27. The van der Waals surface area contributed by atoms with Crippen LogP contribution < -0.4 is 5.32 Å². The normalized spacial score (nSPS) is 11.6. The van der Waals surface area contributed by atoms with E-state index >= 15 is 0 Å². The topological polar surface area (TPSA) is 67.2 Å². The van der Waals surface area contributed by atoms with Crippen molar-refractivity contribution in [1.29, 1.82) is 0 Å². The Hall–Kier alpha value is -4.19. The van der Waals surface area contributed by atoms with E-state index in [9.17, 15) is 9.59 Å². The first-order chi connectivity index (χ1) is 16.0. The number of aromatic nitrogens is 2. The number of rotatable bonds is 7. The molecule has 6 nitrogen and oxygen atoms in total. The van der Waals surface area contributed by atoms with Gasteiger partial charge in [-0.25, -0.2) is 0 Å². The second-order valence-corrected chi connectivity index (χ2v) is 7.95. The molecule has 166 valence electrons. The van der Waals surface area contributed by atoms with Crippen LogP contribution in [0.1, 0.15) is 44.8 Å². The fourth-order valence-corrected chi connectivity index (χ4v) is 3.60. The van der Waals surface area contributed by atoms with Crippen LogP contribution in [-0.4, -0.2) is 33.5 Å². The Morgan fingerprint density at radius 1 is 0.939 bits per heavy atom. The number of hydrogen-bond donors (Lipinski definition) is 1. The minimum absolute atomic E-state index is 0.111. The molecule has 2 amide bonds. The molecule has 0 saturated heterocycles. The summed E-state index contributed by atoms with van der Waals surface area (Å²) in [7, 11) is 1.77. The highest BCUT2D eigenvalue weighted by Crippen LogP contribution is 2.24. The van der Waals surface area contributed by atoms with Crippen LogP contribution in [0.5, 0.6) is 0 Å². The van der Waals surface area contributed by atoms with Crippen LogP contribution in [-0.2, 0) is 6.54 Å². The summed E-state index contributed by atoms with van der Waals surface area (Å²) in [5.74, 6) is -0.281. The highest BCUT2D eigenvalue weighted by molar-refractivity contribution is 6.04. The first-order valence-electron chi connectivity index (χ1n) is 10.8. The van der Waals surface area contributed by atoms with Crippen molar-refractivity contribution < 1.29 is 9.59 Å². The van der Waals surface area contributed by atoms with Gasteiger partial charge in [-0.15, -0.1) is 0 Å². The van der Waals surface area contributed by atoms with E-state index in [4.69, 9.17) is 0 Å². The number of carbonyl (C=O) groups excluding carboxylic acids is 2. The Morgan fingerprint density at radius 2 is 1.64 bits per heavy atom. The van der Waals surface area contributed by atoms with Gasteiger partial charge in [0, 0.05) is 24.5 Å². The molecule has 1 N–H and O–H groups in total. The molecule has 4 rings (SSSR count). The van der Waals surface area contributed by atoms with Gasteiger partial charge < -0.3 is 10.2 Å². The van der Waals surface area contributed by atoms with Crippen LogP contribution in [0.15, 0.2) is 97.3 Å².